The van der Waals surface area contributed by atoms with Crippen LogP contribution in [0.5, 0.6) is 0 Å². The van der Waals surface area contributed by atoms with Crippen molar-refractivity contribution in [3.8, 4) is 0 Å². The number of carboxylic acids is 1. The molecule has 0 aromatic rings. The Morgan fingerprint density at radius 2 is 1.89 bits per heavy atom. The summed E-state index contributed by atoms with van der Waals surface area (Å²) in [4.78, 5) is 23.1. The Labute approximate surface area is 169 Å². The summed E-state index contributed by atoms with van der Waals surface area (Å²) in [5, 5.41) is 9.62. The Kier molecular flexibility index (Phi) is 4.91. The predicted octanol–water partition coefficient (Wildman–Crippen LogP) is 5.22. The molecule has 4 heteroatoms. The Morgan fingerprint density at radius 3 is 2.57 bits per heavy atom. The second kappa shape index (κ2) is 6.88. The van der Waals surface area contributed by atoms with E-state index in [1.807, 2.05) is 6.92 Å². The van der Waals surface area contributed by atoms with E-state index in [0.717, 1.165) is 38.5 Å². The van der Waals surface area contributed by atoms with E-state index in [0.29, 0.717) is 23.7 Å². The molecule has 3 fully saturated rings. The summed E-state index contributed by atoms with van der Waals surface area (Å²) in [5.41, 5.74) is 1.93. The summed E-state index contributed by atoms with van der Waals surface area (Å²) in [6.45, 7) is 8.28. The number of esters is 1. The van der Waals surface area contributed by atoms with Crippen LogP contribution in [0.4, 0.5) is 0 Å². The van der Waals surface area contributed by atoms with Gasteiger partial charge in [-0.25, -0.2) is 0 Å². The largest absolute Gasteiger partial charge is 0.481 e. The molecule has 3 saturated carbocycles. The summed E-state index contributed by atoms with van der Waals surface area (Å²) in [6, 6.07) is 0. The molecule has 4 rings (SSSR count). The van der Waals surface area contributed by atoms with Crippen molar-refractivity contribution in [3.63, 3.8) is 0 Å². The van der Waals surface area contributed by atoms with E-state index in [9.17, 15) is 14.7 Å². The highest BCUT2D eigenvalue weighted by Gasteiger charge is 2.59. The summed E-state index contributed by atoms with van der Waals surface area (Å²) >= 11 is 0. The maximum absolute atomic E-state index is 11.7. The number of carbonyl (C=O) groups is 2. The van der Waals surface area contributed by atoms with Crippen molar-refractivity contribution < 1.29 is 19.4 Å². The van der Waals surface area contributed by atoms with Crippen molar-refractivity contribution in [2.24, 2.45) is 40.4 Å². The molecule has 4 nitrogen and oxygen atoms in total. The first-order chi connectivity index (χ1) is 13.2. The first-order valence-corrected chi connectivity index (χ1v) is 11.3. The van der Waals surface area contributed by atoms with Crippen LogP contribution < -0.4 is 0 Å². The van der Waals surface area contributed by atoms with Gasteiger partial charge in [-0.3, -0.25) is 9.59 Å². The third kappa shape index (κ3) is 2.93. The minimum Gasteiger partial charge on any atom is -0.481 e. The molecule has 0 amide bonds. The Hall–Kier alpha value is -1.32. The van der Waals surface area contributed by atoms with Crippen molar-refractivity contribution in [1.82, 2.24) is 0 Å². The molecule has 0 bridgehead atoms. The van der Waals surface area contributed by atoms with Crippen LogP contribution in [0, 0.1) is 40.4 Å². The molecule has 0 aliphatic heterocycles. The molecule has 156 valence electrons. The van der Waals surface area contributed by atoms with Gasteiger partial charge in [-0.05, 0) is 79.4 Å². The number of rotatable bonds is 3. The van der Waals surface area contributed by atoms with Crippen LogP contribution in [0.2, 0.25) is 0 Å². The predicted molar refractivity (Wildman–Crippen MR) is 108 cm³/mol. The van der Waals surface area contributed by atoms with Gasteiger partial charge in [-0.15, -0.1) is 0 Å². The minimum absolute atomic E-state index is 0.0505. The molecular formula is C24H36O4. The van der Waals surface area contributed by atoms with E-state index < -0.39 is 5.97 Å². The standard InChI is InChI=1S/C24H36O4/c1-14(22(26)27)19-7-8-20-18-6-5-16-13-17(28-15(2)25)9-11-23(16,3)21(18)10-12-24(19,20)4/h5,14,17-21H,6-13H2,1-4H3,(H,26,27)/t14-,17-,18?,19?,20?,21?,23-,24+/m0/s1. The minimum atomic E-state index is -0.629. The zero-order valence-corrected chi connectivity index (χ0v) is 17.9. The van der Waals surface area contributed by atoms with E-state index in [2.05, 4.69) is 19.9 Å². The first kappa shape index (κ1) is 20.0. The van der Waals surface area contributed by atoms with Gasteiger partial charge in [-0.2, -0.15) is 0 Å². The fourth-order valence-corrected chi connectivity index (χ4v) is 8.00. The smallest absolute Gasteiger partial charge is 0.306 e. The average Bonchev–Trinajstić information content (AvgIpc) is 2.98. The second-order valence-electron chi connectivity index (χ2n) is 10.6. The molecule has 0 saturated heterocycles. The highest BCUT2D eigenvalue weighted by atomic mass is 16.5. The van der Waals surface area contributed by atoms with Crippen LogP contribution in [0.3, 0.4) is 0 Å². The van der Waals surface area contributed by atoms with Gasteiger partial charge in [0.2, 0.25) is 0 Å². The number of carbonyl (C=O) groups excluding carboxylic acids is 1. The topological polar surface area (TPSA) is 63.6 Å². The lowest BCUT2D eigenvalue weighted by molar-refractivity contribution is -0.148. The van der Waals surface area contributed by atoms with Crippen LogP contribution in [0.1, 0.15) is 79.1 Å². The van der Waals surface area contributed by atoms with E-state index >= 15 is 0 Å². The number of fused-ring (bicyclic) bond motifs is 5. The van der Waals surface area contributed by atoms with Gasteiger partial charge in [-0.1, -0.05) is 32.4 Å². The van der Waals surface area contributed by atoms with Gasteiger partial charge in [0.05, 0.1) is 5.92 Å². The molecule has 0 radical (unpaired) electrons. The number of ether oxygens (including phenoxy) is 1. The van der Waals surface area contributed by atoms with E-state index in [-0.39, 0.29) is 28.8 Å². The Bertz CT molecular complexity index is 697. The fourth-order valence-electron chi connectivity index (χ4n) is 8.00. The lowest BCUT2D eigenvalue weighted by Crippen LogP contribution is -2.51. The molecule has 0 spiro atoms. The molecule has 0 aromatic heterocycles. The zero-order valence-electron chi connectivity index (χ0n) is 17.9. The van der Waals surface area contributed by atoms with Crippen LogP contribution in [0.15, 0.2) is 11.6 Å². The number of carboxylic acid groups (broad SMARTS) is 1. The normalized spacial score (nSPS) is 45.9. The molecule has 8 atom stereocenters. The van der Waals surface area contributed by atoms with E-state index in [4.69, 9.17) is 4.74 Å². The lowest BCUT2D eigenvalue weighted by Gasteiger charge is -2.58. The highest BCUT2D eigenvalue weighted by Crippen LogP contribution is 2.67. The molecular weight excluding hydrogens is 352 g/mol. The van der Waals surface area contributed by atoms with Gasteiger partial charge in [0.25, 0.3) is 0 Å². The average molecular weight is 389 g/mol. The van der Waals surface area contributed by atoms with Crippen molar-refractivity contribution in [3.05, 3.63) is 11.6 Å². The number of aliphatic carboxylic acids is 1. The molecule has 28 heavy (non-hydrogen) atoms. The maximum Gasteiger partial charge on any atom is 0.306 e. The summed E-state index contributed by atoms with van der Waals surface area (Å²) < 4.78 is 5.53. The second-order valence-corrected chi connectivity index (χ2v) is 10.6. The quantitative estimate of drug-likeness (QED) is 0.532. The first-order valence-electron chi connectivity index (χ1n) is 11.3. The van der Waals surface area contributed by atoms with Gasteiger partial charge in [0.1, 0.15) is 6.10 Å². The SMILES string of the molecule is CC(=O)O[C@H]1CC[C@@]2(C)C(=CCC3C4CCC([C@H](C)C(=O)O)[C@@]4(C)CCC32)C1. The summed E-state index contributed by atoms with van der Waals surface area (Å²) in [6.07, 6.45) is 11.3. The number of hydrogen-bond acceptors (Lipinski definition) is 3. The van der Waals surface area contributed by atoms with Crippen molar-refractivity contribution in [2.45, 2.75) is 85.2 Å². The van der Waals surface area contributed by atoms with Crippen molar-refractivity contribution in [1.29, 1.82) is 0 Å². The zero-order chi connectivity index (χ0) is 20.3. The van der Waals surface area contributed by atoms with Crippen LogP contribution >= 0.6 is 0 Å². The van der Waals surface area contributed by atoms with Gasteiger partial charge in [0, 0.05) is 13.3 Å². The molecule has 0 aromatic carbocycles. The summed E-state index contributed by atoms with van der Waals surface area (Å²) in [7, 11) is 0. The molecule has 1 N–H and O–H groups in total. The van der Waals surface area contributed by atoms with Gasteiger partial charge < -0.3 is 9.84 Å². The molecule has 0 heterocycles. The number of allylic oxidation sites excluding steroid dienone is 1. The third-order valence-corrected chi connectivity index (χ3v) is 9.46. The highest BCUT2D eigenvalue weighted by molar-refractivity contribution is 5.70. The summed E-state index contributed by atoms with van der Waals surface area (Å²) in [5.74, 6) is 1.31. The van der Waals surface area contributed by atoms with Crippen LogP contribution in [-0.2, 0) is 14.3 Å². The fraction of sp³-hybridized carbons (Fsp3) is 0.833. The Morgan fingerprint density at radius 1 is 1.14 bits per heavy atom. The van der Waals surface area contributed by atoms with Gasteiger partial charge >= 0.3 is 11.9 Å². The lowest BCUT2D eigenvalue weighted by atomic mass is 9.47. The Balaban J connectivity index is 1.57. The molecule has 4 aliphatic rings. The van der Waals surface area contributed by atoms with Gasteiger partial charge in [0.15, 0.2) is 0 Å². The van der Waals surface area contributed by atoms with Crippen molar-refractivity contribution in [2.75, 3.05) is 0 Å². The van der Waals surface area contributed by atoms with E-state index in [1.54, 1.807) is 0 Å². The van der Waals surface area contributed by atoms with Crippen LogP contribution in [0.25, 0.3) is 0 Å². The number of hydrogen-bond donors (Lipinski definition) is 1. The van der Waals surface area contributed by atoms with Crippen LogP contribution in [-0.4, -0.2) is 23.1 Å². The third-order valence-electron chi connectivity index (χ3n) is 9.46. The van der Waals surface area contributed by atoms with E-state index in [1.165, 1.54) is 25.3 Å². The monoisotopic (exact) mass is 388 g/mol. The molecule has 4 aliphatic carbocycles. The maximum atomic E-state index is 11.7. The molecule has 4 unspecified atom stereocenters. The van der Waals surface area contributed by atoms with Crippen molar-refractivity contribution >= 4 is 11.9 Å².